The van der Waals surface area contributed by atoms with E-state index >= 15 is 0 Å². The number of carbonyl (C=O) groups is 1. The van der Waals surface area contributed by atoms with E-state index in [1.165, 1.54) is 0 Å². The van der Waals surface area contributed by atoms with Gasteiger partial charge >= 0.3 is 0 Å². The van der Waals surface area contributed by atoms with Gasteiger partial charge in [0.2, 0.25) is 0 Å². The Labute approximate surface area is 152 Å². The van der Waals surface area contributed by atoms with Crippen molar-refractivity contribution in [3.63, 3.8) is 0 Å². The smallest absolute Gasteiger partial charge is 0.253 e. The van der Waals surface area contributed by atoms with Gasteiger partial charge in [-0.2, -0.15) is 0 Å². The molecule has 0 spiro atoms. The predicted octanol–water partition coefficient (Wildman–Crippen LogP) is 2.44. The molecule has 0 bridgehead atoms. The van der Waals surface area contributed by atoms with Crippen LogP contribution in [-0.4, -0.2) is 38.7 Å². The number of amides is 1. The number of rotatable bonds is 7. The van der Waals surface area contributed by atoms with E-state index in [1.807, 2.05) is 41.0 Å². The normalized spacial score (nSPS) is 10.5. The highest BCUT2D eigenvalue weighted by Crippen LogP contribution is 2.12. The molecular weight excluding hydrogens is 328 g/mol. The highest BCUT2D eigenvalue weighted by Gasteiger charge is 2.11. The Balaban J connectivity index is 1.66. The molecule has 0 saturated heterocycles. The number of aromatic nitrogens is 4. The van der Waals surface area contributed by atoms with Crippen LogP contribution in [0.15, 0.2) is 55.0 Å². The maximum atomic E-state index is 12.4. The first-order chi connectivity index (χ1) is 12.7. The summed E-state index contributed by atoms with van der Waals surface area (Å²) in [7, 11) is 0. The summed E-state index contributed by atoms with van der Waals surface area (Å²) in [6.07, 6.45) is 3.24. The van der Waals surface area contributed by atoms with Gasteiger partial charge in [0.1, 0.15) is 12.1 Å². The second kappa shape index (κ2) is 8.24. The molecule has 0 radical (unpaired) electrons. The van der Waals surface area contributed by atoms with Gasteiger partial charge in [0.15, 0.2) is 5.82 Å². The number of anilines is 1. The van der Waals surface area contributed by atoms with Crippen molar-refractivity contribution in [2.75, 3.05) is 18.0 Å². The van der Waals surface area contributed by atoms with Gasteiger partial charge in [0.05, 0.1) is 12.1 Å². The Kier molecular flexibility index (Phi) is 5.58. The number of hydrogen-bond donors (Lipinski definition) is 1. The van der Waals surface area contributed by atoms with Crippen LogP contribution in [0.5, 0.6) is 0 Å². The van der Waals surface area contributed by atoms with Crippen LogP contribution in [-0.2, 0) is 6.54 Å². The summed E-state index contributed by atoms with van der Waals surface area (Å²) < 4.78 is 1.85. The molecule has 0 saturated carbocycles. The average Bonchev–Trinajstić information content (AvgIpc) is 3.17. The molecule has 1 aromatic carbocycles. The van der Waals surface area contributed by atoms with Crippen LogP contribution in [0.4, 0.5) is 5.82 Å². The first-order valence-electron chi connectivity index (χ1n) is 8.66. The van der Waals surface area contributed by atoms with Crippen LogP contribution in [0.3, 0.4) is 0 Å². The summed E-state index contributed by atoms with van der Waals surface area (Å²) in [5.41, 5.74) is 1.47. The zero-order valence-electron chi connectivity index (χ0n) is 15.0. The van der Waals surface area contributed by atoms with E-state index in [0.717, 1.165) is 24.6 Å². The number of nitrogens with zero attached hydrogens (tertiary/aromatic N) is 5. The van der Waals surface area contributed by atoms with E-state index in [2.05, 4.69) is 39.2 Å². The van der Waals surface area contributed by atoms with Crippen molar-refractivity contribution in [2.45, 2.75) is 20.4 Å². The molecule has 0 aliphatic rings. The molecule has 0 unspecified atom stereocenters. The minimum Gasteiger partial charge on any atom is -0.357 e. The van der Waals surface area contributed by atoms with Crippen LogP contribution < -0.4 is 10.2 Å². The lowest BCUT2D eigenvalue weighted by atomic mass is 10.2. The SMILES string of the molecule is CCN(CC)c1ccc(C(=O)NCc2nncn2-c2ccccc2)cn1. The van der Waals surface area contributed by atoms with Crippen molar-refractivity contribution >= 4 is 11.7 Å². The molecule has 7 nitrogen and oxygen atoms in total. The van der Waals surface area contributed by atoms with Crippen molar-refractivity contribution in [2.24, 2.45) is 0 Å². The van der Waals surface area contributed by atoms with E-state index < -0.39 is 0 Å². The fourth-order valence-corrected chi connectivity index (χ4v) is 2.70. The lowest BCUT2D eigenvalue weighted by Crippen LogP contribution is -2.26. The molecular formula is C19H22N6O. The van der Waals surface area contributed by atoms with Crippen LogP contribution in [0.1, 0.15) is 30.0 Å². The van der Waals surface area contributed by atoms with Crippen molar-refractivity contribution in [3.05, 3.63) is 66.4 Å². The quantitative estimate of drug-likeness (QED) is 0.708. The summed E-state index contributed by atoms with van der Waals surface area (Å²) in [5, 5.41) is 10.9. The standard InChI is InChI=1S/C19H22N6O/c1-3-24(4-2)17-11-10-15(12-20-17)19(26)21-13-18-23-22-14-25(18)16-8-6-5-7-9-16/h5-12,14H,3-4,13H2,1-2H3,(H,21,26). The second-order valence-corrected chi connectivity index (χ2v) is 5.71. The van der Waals surface area contributed by atoms with E-state index in [0.29, 0.717) is 11.4 Å². The lowest BCUT2D eigenvalue weighted by molar-refractivity contribution is 0.0949. The fourth-order valence-electron chi connectivity index (χ4n) is 2.70. The molecule has 3 aromatic rings. The number of carbonyl (C=O) groups excluding carboxylic acids is 1. The van der Waals surface area contributed by atoms with Gasteiger partial charge in [-0.15, -0.1) is 10.2 Å². The largest absolute Gasteiger partial charge is 0.357 e. The highest BCUT2D eigenvalue weighted by molar-refractivity contribution is 5.93. The second-order valence-electron chi connectivity index (χ2n) is 5.71. The Morgan fingerprint density at radius 3 is 2.54 bits per heavy atom. The van der Waals surface area contributed by atoms with E-state index in [1.54, 1.807) is 18.6 Å². The Bertz CT molecular complexity index is 840. The molecule has 1 N–H and O–H groups in total. The minimum atomic E-state index is -0.189. The Morgan fingerprint density at radius 2 is 1.88 bits per heavy atom. The van der Waals surface area contributed by atoms with Crippen LogP contribution in [0, 0.1) is 0 Å². The van der Waals surface area contributed by atoms with Gasteiger partial charge < -0.3 is 10.2 Å². The third-order valence-electron chi connectivity index (χ3n) is 4.16. The monoisotopic (exact) mass is 350 g/mol. The van der Waals surface area contributed by atoms with E-state index in [4.69, 9.17) is 0 Å². The topological polar surface area (TPSA) is 75.9 Å². The summed E-state index contributed by atoms with van der Waals surface area (Å²) in [4.78, 5) is 18.9. The molecule has 134 valence electrons. The van der Waals surface area contributed by atoms with Gasteiger partial charge in [-0.3, -0.25) is 9.36 Å². The van der Waals surface area contributed by atoms with Gasteiger partial charge in [-0.05, 0) is 38.1 Å². The zero-order valence-corrected chi connectivity index (χ0v) is 15.0. The highest BCUT2D eigenvalue weighted by atomic mass is 16.1. The molecule has 0 atom stereocenters. The average molecular weight is 350 g/mol. The van der Waals surface area contributed by atoms with Crippen molar-refractivity contribution < 1.29 is 4.79 Å². The van der Waals surface area contributed by atoms with Crippen molar-refractivity contribution in [3.8, 4) is 5.69 Å². The van der Waals surface area contributed by atoms with Crippen LogP contribution in [0.25, 0.3) is 5.69 Å². The summed E-state index contributed by atoms with van der Waals surface area (Å²) >= 11 is 0. The molecule has 1 amide bonds. The number of pyridine rings is 1. The van der Waals surface area contributed by atoms with Crippen LogP contribution >= 0.6 is 0 Å². The maximum Gasteiger partial charge on any atom is 0.253 e. The first kappa shape index (κ1) is 17.6. The van der Waals surface area contributed by atoms with E-state index in [-0.39, 0.29) is 12.5 Å². The summed E-state index contributed by atoms with van der Waals surface area (Å²) in [6.45, 7) is 6.20. The Hall–Kier alpha value is -3.22. The first-order valence-corrected chi connectivity index (χ1v) is 8.66. The molecule has 0 fully saturated rings. The summed E-state index contributed by atoms with van der Waals surface area (Å²) in [6, 6.07) is 13.4. The van der Waals surface area contributed by atoms with Gasteiger partial charge in [0.25, 0.3) is 5.91 Å². The molecule has 26 heavy (non-hydrogen) atoms. The van der Waals surface area contributed by atoms with Gasteiger partial charge in [0, 0.05) is 25.0 Å². The third kappa shape index (κ3) is 3.88. The number of benzene rings is 1. The summed E-state index contributed by atoms with van der Waals surface area (Å²) in [5.74, 6) is 1.35. The molecule has 3 rings (SSSR count). The fraction of sp³-hybridized carbons (Fsp3) is 0.263. The zero-order chi connectivity index (χ0) is 18.4. The molecule has 7 heteroatoms. The minimum absolute atomic E-state index is 0.189. The number of para-hydroxylation sites is 1. The van der Waals surface area contributed by atoms with Crippen molar-refractivity contribution in [1.29, 1.82) is 0 Å². The van der Waals surface area contributed by atoms with E-state index in [9.17, 15) is 4.79 Å². The van der Waals surface area contributed by atoms with Crippen molar-refractivity contribution in [1.82, 2.24) is 25.1 Å². The molecule has 2 aromatic heterocycles. The Morgan fingerprint density at radius 1 is 1.12 bits per heavy atom. The number of nitrogens with one attached hydrogen (secondary N) is 1. The van der Waals surface area contributed by atoms with Gasteiger partial charge in [-0.1, -0.05) is 18.2 Å². The van der Waals surface area contributed by atoms with Gasteiger partial charge in [-0.25, -0.2) is 4.98 Å². The molecule has 0 aliphatic carbocycles. The third-order valence-corrected chi connectivity index (χ3v) is 4.16. The number of hydrogen-bond acceptors (Lipinski definition) is 5. The van der Waals surface area contributed by atoms with Crippen LogP contribution in [0.2, 0.25) is 0 Å². The maximum absolute atomic E-state index is 12.4. The predicted molar refractivity (Wildman–Crippen MR) is 100 cm³/mol. The molecule has 0 aliphatic heterocycles. The molecule has 2 heterocycles. The lowest BCUT2D eigenvalue weighted by Gasteiger charge is -2.19.